The van der Waals surface area contributed by atoms with E-state index in [-0.39, 0.29) is 0 Å². The van der Waals surface area contributed by atoms with Crippen LogP contribution in [0.1, 0.15) is 5.69 Å². The van der Waals surface area contributed by atoms with Crippen molar-refractivity contribution in [2.24, 2.45) is 0 Å². The smallest absolute Gasteiger partial charge is 0.0823 e. The van der Waals surface area contributed by atoms with E-state index in [1.165, 1.54) is 0 Å². The molecule has 1 aromatic carbocycles. The second-order valence-corrected chi connectivity index (χ2v) is 3.84. The Hall–Kier alpha value is -1.74. The zero-order valence-corrected chi connectivity index (χ0v) is 9.41. The average Bonchev–Trinajstić information content (AvgIpc) is 2.28. The number of pyridine rings is 1. The number of hydrogen-bond donors (Lipinski definition) is 2. The molecule has 0 radical (unpaired) electrons. The standard InChI is InChI=1S/C12H12ClN3/c13-9-3-1-4-10(7-9)16-8-12-11(14)5-2-6-15-12/h1-7,16H,8,14H2. The van der Waals surface area contributed by atoms with Crippen LogP contribution in [0.2, 0.25) is 5.02 Å². The van der Waals surface area contributed by atoms with Gasteiger partial charge in [-0.3, -0.25) is 4.98 Å². The molecule has 16 heavy (non-hydrogen) atoms. The number of nitrogens with zero attached hydrogens (tertiary/aromatic N) is 1. The molecule has 0 saturated heterocycles. The average molecular weight is 234 g/mol. The maximum Gasteiger partial charge on any atom is 0.0823 e. The predicted octanol–water partition coefficient (Wildman–Crippen LogP) is 2.93. The first-order valence-electron chi connectivity index (χ1n) is 4.94. The molecule has 0 amide bonds. The van der Waals surface area contributed by atoms with E-state index >= 15 is 0 Å². The first kappa shape index (κ1) is 10.8. The van der Waals surface area contributed by atoms with Crippen LogP contribution in [0.4, 0.5) is 11.4 Å². The Morgan fingerprint density at radius 2 is 2.12 bits per heavy atom. The summed E-state index contributed by atoms with van der Waals surface area (Å²) in [5.41, 5.74) is 8.27. The van der Waals surface area contributed by atoms with E-state index < -0.39 is 0 Å². The van der Waals surface area contributed by atoms with E-state index in [4.69, 9.17) is 17.3 Å². The van der Waals surface area contributed by atoms with Gasteiger partial charge in [-0.05, 0) is 30.3 Å². The van der Waals surface area contributed by atoms with E-state index in [2.05, 4.69) is 10.3 Å². The van der Waals surface area contributed by atoms with Gasteiger partial charge in [-0.15, -0.1) is 0 Å². The van der Waals surface area contributed by atoms with Gasteiger partial charge in [-0.2, -0.15) is 0 Å². The highest BCUT2D eigenvalue weighted by molar-refractivity contribution is 6.30. The molecule has 1 aromatic heterocycles. The Balaban J connectivity index is 2.05. The lowest BCUT2D eigenvalue weighted by Gasteiger charge is -2.07. The van der Waals surface area contributed by atoms with Crippen LogP contribution in [-0.4, -0.2) is 4.98 Å². The summed E-state index contributed by atoms with van der Waals surface area (Å²) in [6, 6.07) is 11.2. The number of nitrogens with two attached hydrogens (primary N) is 1. The molecule has 2 aromatic rings. The van der Waals surface area contributed by atoms with Crippen LogP contribution < -0.4 is 11.1 Å². The Morgan fingerprint density at radius 1 is 1.25 bits per heavy atom. The predicted molar refractivity (Wildman–Crippen MR) is 67.4 cm³/mol. The van der Waals surface area contributed by atoms with Gasteiger partial charge in [0.15, 0.2) is 0 Å². The van der Waals surface area contributed by atoms with Crippen molar-refractivity contribution >= 4 is 23.0 Å². The molecule has 82 valence electrons. The molecule has 0 aliphatic heterocycles. The minimum Gasteiger partial charge on any atom is -0.397 e. The van der Waals surface area contributed by atoms with Crippen LogP contribution in [0.15, 0.2) is 42.6 Å². The summed E-state index contributed by atoms with van der Waals surface area (Å²) in [6.07, 6.45) is 1.73. The lowest BCUT2D eigenvalue weighted by molar-refractivity contribution is 1.05. The van der Waals surface area contributed by atoms with Crippen molar-refractivity contribution < 1.29 is 0 Å². The third-order valence-corrected chi connectivity index (χ3v) is 2.45. The molecule has 0 bridgehead atoms. The van der Waals surface area contributed by atoms with Gasteiger partial charge in [-0.25, -0.2) is 0 Å². The summed E-state index contributed by atoms with van der Waals surface area (Å²) in [7, 11) is 0. The van der Waals surface area contributed by atoms with Gasteiger partial charge >= 0.3 is 0 Å². The first-order chi connectivity index (χ1) is 7.75. The summed E-state index contributed by atoms with van der Waals surface area (Å²) in [4.78, 5) is 4.20. The van der Waals surface area contributed by atoms with E-state index in [0.29, 0.717) is 17.3 Å². The van der Waals surface area contributed by atoms with Gasteiger partial charge in [0.2, 0.25) is 0 Å². The van der Waals surface area contributed by atoms with Crippen molar-refractivity contribution in [3.05, 3.63) is 53.3 Å². The number of rotatable bonds is 3. The van der Waals surface area contributed by atoms with Gasteiger partial charge in [0, 0.05) is 16.9 Å². The summed E-state index contributed by atoms with van der Waals surface area (Å²) in [5.74, 6) is 0. The normalized spacial score (nSPS) is 10.1. The molecule has 0 saturated carbocycles. The highest BCUT2D eigenvalue weighted by atomic mass is 35.5. The van der Waals surface area contributed by atoms with Gasteiger partial charge < -0.3 is 11.1 Å². The number of hydrogen-bond acceptors (Lipinski definition) is 3. The molecule has 3 nitrogen and oxygen atoms in total. The van der Waals surface area contributed by atoms with Crippen molar-refractivity contribution in [2.45, 2.75) is 6.54 Å². The molecule has 0 unspecified atom stereocenters. The van der Waals surface area contributed by atoms with Gasteiger partial charge in [-0.1, -0.05) is 17.7 Å². The lowest BCUT2D eigenvalue weighted by Crippen LogP contribution is -2.04. The number of nitrogens with one attached hydrogen (secondary N) is 1. The molecule has 0 aliphatic rings. The lowest BCUT2D eigenvalue weighted by atomic mass is 10.2. The second kappa shape index (κ2) is 4.86. The first-order valence-corrected chi connectivity index (χ1v) is 5.32. The van der Waals surface area contributed by atoms with Gasteiger partial charge in [0.1, 0.15) is 0 Å². The monoisotopic (exact) mass is 233 g/mol. The SMILES string of the molecule is Nc1cccnc1CNc1cccc(Cl)c1. The van der Waals surface area contributed by atoms with Crippen LogP contribution in [0, 0.1) is 0 Å². The van der Waals surface area contributed by atoms with E-state index in [0.717, 1.165) is 11.4 Å². The van der Waals surface area contributed by atoms with Gasteiger partial charge in [0.05, 0.1) is 17.9 Å². The van der Waals surface area contributed by atoms with Crippen molar-refractivity contribution in [2.75, 3.05) is 11.1 Å². The molecular weight excluding hydrogens is 222 g/mol. The molecule has 4 heteroatoms. The summed E-state index contributed by atoms with van der Waals surface area (Å²) < 4.78 is 0. The molecule has 3 N–H and O–H groups in total. The van der Waals surface area contributed by atoms with E-state index in [1.807, 2.05) is 36.4 Å². The Labute approximate surface area is 99.3 Å². The molecule has 0 aliphatic carbocycles. The number of aromatic nitrogens is 1. The minimum atomic E-state index is 0.590. The highest BCUT2D eigenvalue weighted by Gasteiger charge is 1.99. The van der Waals surface area contributed by atoms with Crippen LogP contribution in [0.5, 0.6) is 0 Å². The molecule has 1 heterocycles. The molecule has 0 spiro atoms. The fourth-order valence-electron chi connectivity index (χ4n) is 1.38. The topological polar surface area (TPSA) is 50.9 Å². The minimum absolute atomic E-state index is 0.590. The fraction of sp³-hybridized carbons (Fsp3) is 0.0833. The van der Waals surface area contributed by atoms with Crippen LogP contribution in [0.3, 0.4) is 0 Å². The summed E-state index contributed by atoms with van der Waals surface area (Å²) >= 11 is 5.88. The van der Waals surface area contributed by atoms with E-state index in [1.54, 1.807) is 6.20 Å². The maximum atomic E-state index is 5.88. The Bertz CT molecular complexity index is 485. The molecule has 2 rings (SSSR count). The Kier molecular flexibility index (Phi) is 3.27. The highest BCUT2D eigenvalue weighted by Crippen LogP contribution is 2.16. The van der Waals surface area contributed by atoms with Crippen molar-refractivity contribution in [1.29, 1.82) is 0 Å². The van der Waals surface area contributed by atoms with Crippen molar-refractivity contribution in [3.63, 3.8) is 0 Å². The number of anilines is 2. The number of nitrogen functional groups attached to an aromatic ring is 1. The third-order valence-electron chi connectivity index (χ3n) is 2.21. The van der Waals surface area contributed by atoms with E-state index in [9.17, 15) is 0 Å². The summed E-state index contributed by atoms with van der Waals surface area (Å²) in [5, 5.41) is 3.92. The van der Waals surface area contributed by atoms with Crippen molar-refractivity contribution in [3.8, 4) is 0 Å². The zero-order valence-electron chi connectivity index (χ0n) is 8.65. The van der Waals surface area contributed by atoms with Crippen LogP contribution in [0.25, 0.3) is 0 Å². The molecule has 0 atom stereocenters. The fourth-order valence-corrected chi connectivity index (χ4v) is 1.57. The maximum absolute atomic E-state index is 5.88. The quantitative estimate of drug-likeness (QED) is 0.857. The van der Waals surface area contributed by atoms with Crippen molar-refractivity contribution in [1.82, 2.24) is 4.98 Å². The van der Waals surface area contributed by atoms with Crippen LogP contribution >= 0.6 is 11.6 Å². The second-order valence-electron chi connectivity index (χ2n) is 3.40. The molecular formula is C12H12ClN3. The number of benzene rings is 1. The number of halogens is 1. The Morgan fingerprint density at radius 3 is 2.88 bits per heavy atom. The summed E-state index contributed by atoms with van der Waals surface area (Å²) in [6.45, 7) is 0.590. The largest absolute Gasteiger partial charge is 0.397 e. The van der Waals surface area contributed by atoms with Crippen LogP contribution in [-0.2, 0) is 6.54 Å². The molecule has 0 fully saturated rings. The van der Waals surface area contributed by atoms with Gasteiger partial charge in [0.25, 0.3) is 0 Å². The zero-order chi connectivity index (χ0) is 11.4. The third kappa shape index (κ3) is 2.64.